The molecule has 0 heterocycles. The fourth-order valence-electron chi connectivity index (χ4n) is 1.83. The van der Waals surface area contributed by atoms with Crippen molar-refractivity contribution in [1.82, 2.24) is 0 Å². The van der Waals surface area contributed by atoms with Crippen molar-refractivity contribution in [1.29, 1.82) is 0 Å². The van der Waals surface area contributed by atoms with Crippen LogP contribution < -0.4 is 0 Å². The number of phenolic OH excluding ortho intramolecular Hbond substituents is 1. The number of phenols is 1. The van der Waals surface area contributed by atoms with Crippen LogP contribution in [0.2, 0.25) is 15.1 Å². The summed E-state index contributed by atoms with van der Waals surface area (Å²) in [5, 5.41) is 9.94. The quantitative estimate of drug-likeness (QED) is 0.819. The molecule has 8 heteroatoms. The van der Waals surface area contributed by atoms with Gasteiger partial charge in [-0.1, -0.05) is 34.8 Å². The molecule has 2 rings (SSSR count). The number of hydrogen-bond acceptors (Lipinski definition) is 4. The van der Waals surface area contributed by atoms with Crippen LogP contribution in [0.1, 0.15) is 15.9 Å². The lowest BCUT2D eigenvalue weighted by molar-refractivity contribution is 0.103. The van der Waals surface area contributed by atoms with Crippen molar-refractivity contribution in [3.63, 3.8) is 0 Å². The fourth-order valence-corrected chi connectivity index (χ4v) is 3.38. The number of carbonyl (C=O) groups excluding carboxylic acids is 1. The van der Waals surface area contributed by atoms with Gasteiger partial charge in [-0.05, 0) is 30.3 Å². The third-order valence-corrected chi connectivity index (χ3v) is 4.81. The van der Waals surface area contributed by atoms with Crippen LogP contribution in [0.3, 0.4) is 0 Å². The molecular weight excluding hydrogens is 371 g/mol. The van der Waals surface area contributed by atoms with Crippen molar-refractivity contribution < 1.29 is 18.3 Å². The number of benzene rings is 2. The first kappa shape index (κ1) is 17.1. The number of halogens is 3. The van der Waals surface area contributed by atoms with Crippen molar-refractivity contribution in [3.05, 3.63) is 56.5 Å². The van der Waals surface area contributed by atoms with Gasteiger partial charge in [-0.3, -0.25) is 4.79 Å². The van der Waals surface area contributed by atoms with Crippen molar-refractivity contribution in [2.45, 2.75) is 4.90 Å². The van der Waals surface area contributed by atoms with Crippen molar-refractivity contribution in [3.8, 4) is 5.75 Å². The first-order valence-electron chi connectivity index (χ1n) is 5.83. The summed E-state index contributed by atoms with van der Waals surface area (Å²) < 4.78 is 22.9. The smallest absolute Gasteiger partial charge is 0.199 e. The third-order valence-electron chi connectivity index (χ3n) is 2.87. The molecule has 0 saturated carbocycles. The summed E-state index contributed by atoms with van der Waals surface area (Å²) in [6.45, 7) is 0. The van der Waals surface area contributed by atoms with Gasteiger partial charge in [-0.15, -0.1) is 0 Å². The van der Waals surface area contributed by atoms with Gasteiger partial charge < -0.3 is 5.11 Å². The highest BCUT2D eigenvalue weighted by atomic mass is 35.5. The third kappa shape index (κ3) is 3.38. The van der Waals surface area contributed by atoms with Crippen LogP contribution in [-0.4, -0.2) is 25.6 Å². The van der Waals surface area contributed by atoms with Crippen LogP contribution in [0.15, 0.2) is 35.2 Å². The minimum atomic E-state index is -3.44. The second-order valence-corrected chi connectivity index (χ2v) is 7.79. The predicted molar refractivity (Wildman–Crippen MR) is 86.1 cm³/mol. The van der Waals surface area contributed by atoms with E-state index in [1.807, 2.05) is 0 Å². The zero-order valence-electron chi connectivity index (χ0n) is 11.1. The Morgan fingerprint density at radius 1 is 1.05 bits per heavy atom. The predicted octanol–water partition coefficient (Wildman–Crippen LogP) is 3.99. The van der Waals surface area contributed by atoms with Gasteiger partial charge in [0, 0.05) is 16.8 Å². The van der Waals surface area contributed by atoms with Gasteiger partial charge in [-0.25, -0.2) is 8.42 Å². The van der Waals surface area contributed by atoms with E-state index in [1.54, 1.807) is 0 Å². The first-order chi connectivity index (χ1) is 10.1. The topological polar surface area (TPSA) is 71.4 Å². The number of rotatable bonds is 3. The highest BCUT2D eigenvalue weighted by molar-refractivity contribution is 7.90. The van der Waals surface area contributed by atoms with E-state index in [1.165, 1.54) is 30.3 Å². The molecule has 0 aliphatic rings. The molecule has 1 N–H and O–H groups in total. The molecule has 0 amide bonds. The highest BCUT2D eigenvalue weighted by Crippen LogP contribution is 2.33. The maximum absolute atomic E-state index is 12.5. The zero-order valence-corrected chi connectivity index (χ0v) is 14.2. The molecule has 4 nitrogen and oxygen atoms in total. The lowest BCUT2D eigenvalue weighted by Crippen LogP contribution is -2.05. The summed E-state index contributed by atoms with van der Waals surface area (Å²) in [6, 6.07) is 6.19. The Hall–Kier alpha value is -1.27. The lowest BCUT2D eigenvalue weighted by atomic mass is 10.0. The van der Waals surface area contributed by atoms with Crippen LogP contribution in [0.4, 0.5) is 0 Å². The average Bonchev–Trinajstić information content (AvgIpc) is 2.35. The van der Waals surface area contributed by atoms with Gasteiger partial charge in [0.25, 0.3) is 0 Å². The van der Waals surface area contributed by atoms with Gasteiger partial charge in [0.1, 0.15) is 5.75 Å². The first-order valence-corrected chi connectivity index (χ1v) is 8.86. The number of carbonyl (C=O) groups is 1. The van der Waals surface area contributed by atoms with Crippen molar-refractivity contribution >= 4 is 50.4 Å². The van der Waals surface area contributed by atoms with E-state index in [2.05, 4.69) is 0 Å². The molecule has 22 heavy (non-hydrogen) atoms. The van der Waals surface area contributed by atoms with Gasteiger partial charge >= 0.3 is 0 Å². The molecule has 0 atom stereocenters. The van der Waals surface area contributed by atoms with E-state index < -0.39 is 15.6 Å². The summed E-state index contributed by atoms with van der Waals surface area (Å²) in [5.74, 6) is -1.02. The van der Waals surface area contributed by atoms with Crippen molar-refractivity contribution in [2.75, 3.05) is 6.26 Å². The SMILES string of the molecule is CS(=O)(=O)c1ccc(C(=O)c2c(O)cc(Cl)cc2Cl)c(Cl)c1. The minimum Gasteiger partial charge on any atom is -0.507 e. The van der Waals surface area contributed by atoms with Crippen LogP contribution in [0.5, 0.6) is 5.75 Å². The molecule has 0 spiro atoms. The molecule has 0 aliphatic heterocycles. The number of hydrogen-bond donors (Lipinski definition) is 1. The van der Waals surface area contributed by atoms with Gasteiger partial charge in [0.05, 0.1) is 20.5 Å². The normalized spacial score (nSPS) is 11.5. The van der Waals surface area contributed by atoms with E-state index in [0.29, 0.717) is 0 Å². The van der Waals surface area contributed by atoms with E-state index in [9.17, 15) is 18.3 Å². The molecule has 0 bridgehead atoms. The Morgan fingerprint density at radius 2 is 1.68 bits per heavy atom. The Labute approximate surface area is 142 Å². The Kier molecular flexibility index (Phi) is 4.73. The second-order valence-electron chi connectivity index (χ2n) is 4.52. The van der Waals surface area contributed by atoms with E-state index >= 15 is 0 Å². The summed E-state index contributed by atoms with van der Waals surface area (Å²) in [7, 11) is -3.44. The maximum Gasteiger partial charge on any atom is 0.199 e. The Balaban J connectivity index is 2.56. The average molecular weight is 380 g/mol. The number of ketones is 1. The molecule has 116 valence electrons. The van der Waals surface area contributed by atoms with Gasteiger partial charge in [-0.2, -0.15) is 0 Å². The number of sulfone groups is 1. The maximum atomic E-state index is 12.5. The van der Waals surface area contributed by atoms with E-state index in [4.69, 9.17) is 34.8 Å². The van der Waals surface area contributed by atoms with Crippen LogP contribution >= 0.6 is 34.8 Å². The van der Waals surface area contributed by atoms with Crippen LogP contribution in [0.25, 0.3) is 0 Å². The van der Waals surface area contributed by atoms with E-state index in [-0.39, 0.29) is 36.8 Å². The van der Waals surface area contributed by atoms with Gasteiger partial charge in [0.2, 0.25) is 0 Å². The summed E-state index contributed by atoms with van der Waals surface area (Å²) in [6.07, 6.45) is 1.03. The summed E-state index contributed by atoms with van der Waals surface area (Å²) >= 11 is 17.6. The number of aromatic hydroxyl groups is 1. The highest BCUT2D eigenvalue weighted by Gasteiger charge is 2.21. The molecule has 0 radical (unpaired) electrons. The Bertz CT molecular complexity index is 853. The summed E-state index contributed by atoms with van der Waals surface area (Å²) in [4.78, 5) is 12.4. The molecular formula is C14H9Cl3O4S. The van der Waals surface area contributed by atoms with Crippen LogP contribution in [-0.2, 0) is 9.84 Å². The second kappa shape index (κ2) is 6.08. The fraction of sp³-hybridized carbons (Fsp3) is 0.0714. The molecule has 2 aromatic carbocycles. The Morgan fingerprint density at radius 3 is 2.18 bits per heavy atom. The summed E-state index contributed by atoms with van der Waals surface area (Å²) in [5.41, 5.74) is -0.131. The lowest BCUT2D eigenvalue weighted by Gasteiger charge is -2.09. The van der Waals surface area contributed by atoms with Crippen molar-refractivity contribution in [2.24, 2.45) is 0 Å². The standard InChI is InChI=1S/C14H9Cl3O4S/c1-22(20,21)8-2-3-9(10(16)6-8)14(19)13-11(17)4-7(15)5-12(13)18/h2-6,18H,1H3. The van der Waals surface area contributed by atoms with Crippen LogP contribution in [0, 0.1) is 0 Å². The molecule has 0 aliphatic carbocycles. The molecule has 2 aromatic rings. The molecule has 0 fully saturated rings. The zero-order chi connectivity index (χ0) is 16.7. The van der Waals surface area contributed by atoms with E-state index in [0.717, 1.165) is 6.26 Å². The molecule has 0 aromatic heterocycles. The minimum absolute atomic E-state index is 0.0134. The van der Waals surface area contributed by atoms with Gasteiger partial charge in [0.15, 0.2) is 15.6 Å². The largest absolute Gasteiger partial charge is 0.507 e. The monoisotopic (exact) mass is 378 g/mol. The molecule has 0 unspecified atom stereocenters. The molecule has 0 saturated heterocycles.